The second kappa shape index (κ2) is 12.5. The van der Waals surface area contributed by atoms with Crippen LogP contribution in [0.15, 0.2) is 18.2 Å². The molecule has 3 N–H and O–H groups in total. The SMILES string of the molecule is CCCOc1ccc(C(C)NC(=O)CCSCC(N)=O)cc1OCCC. The molecule has 6 nitrogen and oxygen atoms in total. The lowest BCUT2D eigenvalue weighted by Gasteiger charge is -2.18. The van der Waals surface area contributed by atoms with Gasteiger partial charge in [0.05, 0.1) is 25.0 Å². The third-order valence-electron chi connectivity index (χ3n) is 3.49. The minimum Gasteiger partial charge on any atom is -0.490 e. The molecule has 0 aliphatic rings. The van der Waals surface area contributed by atoms with Gasteiger partial charge >= 0.3 is 0 Å². The van der Waals surface area contributed by atoms with Crippen LogP contribution in [0.3, 0.4) is 0 Å². The van der Waals surface area contributed by atoms with Gasteiger partial charge in [0.25, 0.3) is 0 Å². The van der Waals surface area contributed by atoms with Crippen molar-refractivity contribution in [3.8, 4) is 11.5 Å². The van der Waals surface area contributed by atoms with E-state index in [0.717, 1.165) is 24.2 Å². The summed E-state index contributed by atoms with van der Waals surface area (Å²) < 4.78 is 11.5. The van der Waals surface area contributed by atoms with E-state index in [0.29, 0.717) is 31.1 Å². The lowest BCUT2D eigenvalue weighted by Crippen LogP contribution is -2.27. The zero-order valence-electron chi connectivity index (χ0n) is 15.9. The molecule has 0 fully saturated rings. The molecule has 0 aliphatic carbocycles. The van der Waals surface area contributed by atoms with Gasteiger partial charge in [0.15, 0.2) is 11.5 Å². The summed E-state index contributed by atoms with van der Waals surface area (Å²) in [5.41, 5.74) is 6.03. The number of rotatable bonds is 13. The van der Waals surface area contributed by atoms with Gasteiger partial charge in [0.2, 0.25) is 11.8 Å². The molecule has 146 valence electrons. The summed E-state index contributed by atoms with van der Waals surface area (Å²) in [5.74, 6) is 1.81. The molecule has 0 heterocycles. The highest BCUT2D eigenvalue weighted by molar-refractivity contribution is 7.99. The van der Waals surface area contributed by atoms with Crippen LogP contribution in [0.25, 0.3) is 0 Å². The molecule has 1 atom stereocenters. The number of nitrogens with one attached hydrogen (secondary N) is 1. The van der Waals surface area contributed by atoms with Gasteiger partial charge in [-0.05, 0) is 37.5 Å². The van der Waals surface area contributed by atoms with Crippen molar-refractivity contribution in [2.75, 3.05) is 24.7 Å². The van der Waals surface area contributed by atoms with Crippen LogP contribution in [0.4, 0.5) is 0 Å². The Morgan fingerprint density at radius 1 is 1.15 bits per heavy atom. The monoisotopic (exact) mass is 382 g/mol. The molecule has 0 radical (unpaired) electrons. The van der Waals surface area contributed by atoms with E-state index >= 15 is 0 Å². The second-order valence-electron chi connectivity index (χ2n) is 5.96. The maximum absolute atomic E-state index is 12.0. The standard InChI is InChI=1S/C19H30N2O4S/c1-4-9-24-16-7-6-15(12-17(16)25-10-5-2)14(3)21-19(23)8-11-26-13-18(20)22/h6-7,12,14H,4-5,8-11,13H2,1-3H3,(H2,20,22)(H,21,23). The Balaban J connectivity index is 2.64. The summed E-state index contributed by atoms with van der Waals surface area (Å²) in [6, 6.07) is 5.61. The minimum absolute atomic E-state index is 0.0585. The van der Waals surface area contributed by atoms with E-state index in [9.17, 15) is 9.59 Å². The number of hydrogen-bond acceptors (Lipinski definition) is 5. The Hall–Kier alpha value is -1.89. The van der Waals surface area contributed by atoms with Gasteiger partial charge in [0.1, 0.15) is 0 Å². The van der Waals surface area contributed by atoms with E-state index in [1.807, 2.05) is 25.1 Å². The highest BCUT2D eigenvalue weighted by Gasteiger charge is 2.13. The number of carbonyl (C=O) groups excluding carboxylic acids is 2. The lowest BCUT2D eigenvalue weighted by atomic mass is 10.1. The van der Waals surface area contributed by atoms with Crippen molar-refractivity contribution in [1.29, 1.82) is 0 Å². The van der Waals surface area contributed by atoms with Gasteiger partial charge in [0, 0.05) is 12.2 Å². The van der Waals surface area contributed by atoms with Crippen molar-refractivity contribution in [1.82, 2.24) is 5.32 Å². The molecule has 0 saturated carbocycles. The summed E-state index contributed by atoms with van der Waals surface area (Å²) in [6.45, 7) is 7.29. The first-order chi connectivity index (χ1) is 12.5. The Morgan fingerprint density at radius 2 is 1.81 bits per heavy atom. The predicted octanol–water partition coefficient (Wildman–Crippen LogP) is 3.05. The van der Waals surface area contributed by atoms with Crippen molar-refractivity contribution < 1.29 is 19.1 Å². The molecule has 26 heavy (non-hydrogen) atoms. The lowest BCUT2D eigenvalue weighted by molar-refractivity contribution is -0.121. The van der Waals surface area contributed by atoms with Crippen LogP contribution in [0.5, 0.6) is 11.5 Å². The number of hydrogen-bond donors (Lipinski definition) is 2. The molecule has 1 unspecified atom stereocenters. The quantitative estimate of drug-likeness (QED) is 0.512. The normalized spacial score (nSPS) is 11.7. The van der Waals surface area contributed by atoms with E-state index in [1.54, 1.807) is 0 Å². The fourth-order valence-electron chi connectivity index (χ4n) is 2.18. The first-order valence-electron chi connectivity index (χ1n) is 9.02. The average Bonchev–Trinajstić information content (AvgIpc) is 2.61. The van der Waals surface area contributed by atoms with Crippen LogP contribution in [0.1, 0.15) is 51.6 Å². The highest BCUT2D eigenvalue weighted by atomic mass is 32.2. The van der Waals surface area contributed by atoms with E-state index in [2.05, 4.69) is 19.2 Å². The summed E-state index contributed by atoms with van der Waals surface area (Å²) in [5, 5.41) is 2.97. The Kier molecular flexibility index (Phi) is 10.6. The molecule has 2 amide bonds. The number of nitrogens with two attached hydrogens (primary N) is 1. The van der Waals surface area contributed by atoms with Crippen LogP contribution in [-0.4, -0.2) is 36.5 Å². The molecule has 0 aliphatic heterocycles. The van der Waals surface area contributed by atoms with Gasteiger partial charge < -0.3 is 20.5 Å². The molecule has 1 rings (SSSR count). The first-order valence-corrected chi connectivity index (χ1v) is 10.2. The van der Waals surface area contributed by atoms with Crippen LogP contribution < -0.4 is 20.5 Å². The third kappa shape index (κ3) is 8.47. The number of primary amides is 1. The Bertz CT molecular complexity index is 581. The molecule has 0 saturated heterocycles. The molecule has 7 heteroatoms. The number of thioether (sulfide) groups is 1. The summed E-state index contributed by atoms with van der Waals surface area (Å²) >= 11 is 1.36. The molecule has 0 bridgehead atoms. The first kappa shape index (κ1) is 22.2. The highest BCUT2D eigenvalue weighted by Crippen LogP contribution is 2.31. The van der Waals surface area contributed by atoms with Crippen molar-refractivity contribution in [2.24, 2.45) is 5.73 Å². The zero-order chi connectivity index (χ0) is 19.4. The molecule has 1 aromatic rings. The zero-order valence-corrected chi connectivity index (χ0v) is 16.7. The van der Waals surface area contributed by atoms with Crippen molar-refractivity contribution in [3.63, 3.8) is 0 Å². The van der Waals surface area contributed by atoms with Gasteiger partial charge in [-0.1, -0.05) is 19.9 Å². The smallest absolute Gasteiger partial charge is 0.227 e. The summed E-state index contributed by atoms with van der Waals surface area (Å²) in [4.78, 5) is 22.7. The largest absolute Gasteiger partial charge is 0.490 e. The van der Waals surface area contributed by atoms with Crippen molar-refractivity contribution in [3.05, 3.63) is 23.8 Å². The van der Waals surface area contributed by atoms with Crippen molar-refractivity contribution >= 4 is 23.6 Å². The van der Waals surface area contributed by atoms with Crippen molar-refractivity contribution in [2.45, 2.75) is 46.1 Å². The number of ether oxygens (including phenoxy) is 2. The van der Waals surface area contributed by atoms with Gasteiger partial charge in [-0.2, -0.15) is 11.8 Å². The topological polar surface area (TPSA) is 90.6 Å². The van der Waals surface area contributed by atoms with Gasteiger partial charge in [-0.3, -0.25) is 9.59 Å². The Labute approximate surface area is 160 Å². The van der Waals surface area contributed by atoms with E-state index < -0.39 is 0 Å². The van der Waals surface area contributed by atoms with Crippen LogP contribution in [0, 0.1) is 0 Å². The third-order valence-corrected chi connectivity index (χ3v) is 4.47. The number of carbonyl (C=O) groups is 2. The molecule has 0 aromatic heterocycles. The molecule has 0 spiro atoms. The summed E-state index contributed by atoms with van der Waals surface area (Å²) in [6.07, 6.45) is 2.18. The van der Waals surface area contributed by atoms with Gasteiger partial charge in [-0.15, -0.1) is 0 Å². The van der Waals surface area contributed by atoms with E-state index in [4.69, 9.17) is 15.2 Å². The Morgan fingerprint density at radius 3 is 2.42 bits per heavy atom. The van der Waals surface area contributed by atoms with Gasteiger partial charge in [-0.25, -0.2) is 0 Å². The fourth-order valence-corrected chi connectivity index (χ4v) is 2.86. The van der Waals surface area contributed by atoms with E-state index in [1.165, 1.54) is 11.8 Å². The maximum atomic E-state index is 12.0. The predicted molar refractivity (Wildman–Crippen MR) is 106 cm³/mol. The number of amides is 2. The van der Waals surface area contributed by atoms with Crippen LogP contribution >= 0.6 is 11.8 Å². The van der Waals surface area contributed by atoms with E-state index in [-0.39, 0.29) is 23.6 Å². The fraction of sp³-hybridized carbons (Fsp3) is 0.579. The minimum atomic E-state index is -0.367. The number of benzene rings is 1. The van der Waals surface area contributed by atoms with Crippen LogP contribution in [-0.2, 0) is 9.59 Å². The molecule has 1 aromatic carbocycles. The maximum Gasteiger partial charge on any atom is 0.227 e. The molecular formula is C19H30N2O4S. The summed E-state index contributed by atoms with van der Waals surface area (Å²) in [7, 11) is 0. The second-order valence-corrected chi connectivity index (χ2v) is 7.07. The molecular weight excluding hydrogens is 352 g/mol. The average molecular weight is 383 g/mol. The van der Waals surface area contributed by atoms with Crippen LogP contribution in [0.2, 0.25) is 0 Å².